The SMILES string of the molecule is CN(c1cccc(-c2ccc(N3CCN(C(=O)OC(C)(C)C)CC3)nc2)c1)c1nc2nncn2c2cc(Cl)ccc12. The molecule has 0 aliphatic carbocycles. The number of aromatic nitrogens is 5. The molecule has 210 valence electrons. The molecule has 0 spiro atoms. The Morgan fingerprint density at radius 1 is 1.00 bits per heavy atom. The summed E-state index contributed by atoms with van der Waals surface area (Å²) >= 11 is 6.31. The number of amides is 1. The summed E-state index contributed by atoms with van der Waals surface area (Å²) in [5, 5.41) is 9.77. The summed E-state index contributed by atoms with van der Waals surface area (Å²) in [5.74, 6) is 2.15. The van der Waals surface area contributed by atoms with Gasteiger partial charge in [-0.15, -0.1) is 10.2 Å². The van der Waals surface area contributed by atoms with Gasteiger partial charge in [0.2, 0.25) is 0 Å². The smallest absolute Gasteiger partial charge is 0.410 e. The van der Waals surface area contributed by atoms with Crippen LogP contribution in [0.5, 0.6) is 0 Å². The first kappa shape index (κ1) is 26.8. The Morgan fingerprint density at radius 2 is 1.80 bits per heavy atom. The molecule has 41 heavy (non-hydrogen) atoms. The third-order valence-electron chi connectivity index (χ3n) is 7.08. The number of hydrogen-bond acceptors (Lipinski definition) is 8. The third kappa shape index (κ3) is 5.47. The van der Waals surface area contributed by atoms with Gasteiger partial charge in [0.15, 0.2) is 0 Å². The fourth-order valence-corrected chi connectivity index (χ4v) is 5.15. The second-order valence-electron chi connectivity index (χ2n) is 11.1. The van der Waals surface area contributed by atoms with Crippen LogP contribution in [0, 0.1) is 0 Å². The van der Waals surface area contributed by atoms with E-state index >= 15 is 0 Å². The van der Waals surface area contributed by atoms with E-state index in [2.05, 4.69) is 33.3 Å². The largest absolute Gasteiger partial charge is 0.444 e. The normalized spacial score (nSPS) is 14.1. The molecular formula is C30H31ClN8O2. The van der Waals surface area contributed by atoms with E-state index < -0.39 is 5.60 Å². The van der Waals surface area contributed by atoms with Gasteiger partial charge < -0.3 is 19.4 Å². The minimum Gasteiger partial charge on any atom is -0.444 e. The molecule has 1 aliphatic rings. The van der Waals surface area contributed by atoms with Crippen LogP contribution in [0.3, 0.4) is 0 Å². The van der Waals surface area contributed by atoms with Crippen molar-refractivity contribution in [3.05, 3.63) is 72.1 Å². The average molecular weight is 571 g/mol. The molecule has 0 atom stereocenters. The zero-order chi connectivity index (χ0) is 28.7. The van der Waals surface area contributed by atoms with Crippen LogP contribution in [0.25, 0.3) is 27.8 Å². The fourth-order valence-electron chi connectivity index (χ4n) is 4.98. The van der Waals surface area contributed by atoms with Crippen LogP contribution in [-0.2, 0) is 4.74 Å². The summed E-state index contributed by atoms with van der Waals surface area (Å²) in [6.45, 7) is 8.25. The number of hydrogen-bond donors (Lipinski definition) is 0. The lowest BCUT2D eigenvalue weighted by Gasteiger charge is -2.36. The molecule has 1 amide bonds. The maximum absolute atomic E-state index is 12.4. The number of piperazine rings is 1. The van der Waals surface area contributed by atoms with Gasteiger partial charge in [0.1, 0.15) is 23.6 Å². The molecular weight excluding hydrogens is 540 g/mol. The van der Waals surface area contributed by atoms with E-state index in [1.807, 2.05) is 79.7 Å². The van der Waals surface area contributed by atoms with E-state index in [9.17, 15) is 4.79 Å². The summed E-state index contributed by atoms with van der Waals surface area (Å²) in [4.78, 5) is 27.9. The molecule has 1 fully saturated rings. The van der Waals surface area contributed by atoms with Crippen molar-refractivity contribution in [2.24, 2.45) is 0 Å². The Balaban J connectivity index is 1.20. The standard InChI is InChI=1S/C30H31ClN8O2/c1-30(2,3)41-29(40)38-14-12-37(13-15-38)26-11-8-21(18-32-26)20-6-5-7-23(16-20)36(4)27-24-10-9-22(31)17-25(24)39-19-33-35-28(39)34-27/h5-11,16-19H,12-15H2,1-4H3. The molecule has 0 bridgehead atoms. The molecule has 11 heteroatoms. The van der Waals surface area contributed by atoms with Crippen molar-refractivity contribution >= 4 is 51.7 Å². The number of pyridine rings is 1. The molecule has 0 N–H and O–H groups in total. The van der Waals surface area contributed by atoms with Crippen LogP contribution >= 0.6 is 11.6 Å². The minimum absolute atomic E-state index is 0.265. The number of ether oxygens (including phenoxy) is 1. The number of halogens is 1. The third-order valence-corrected chi connectivity index (χ3v) is 7.32. The van der Waals surface area contributed by atoms with Crippen molar-refractivity contribution in [1.82, 2.24) is 29.5 Å². The Morgan fingerprint density at radius 3 is 2.54 bits per heavy atom. The second kappa shape index (κ2) is 10.5. The van der Waals surface area contributed by atoms with E-state index in [0.29, 0.717) is 37.0 Å². The van der Waals surface area contributed by atoms with E-state index in [0.717, 1.165) is 39.4 Å². The van der Waals surface area contributed by atoms with E-state index in [4.69, 9.17) is 26.3 Å². The fraction of sp³-hybridized carbons (Fsp3) is 0.300. The van der Waals surface area contributed by atoms with Crippen LogP contribution in [-0.4, -0.2) is 74.4 Å². The predicted octanol–water partition coefficient (Wildman–Crippen LogP) is 5.82. The summed E-state index contributed by atoms with van der Waals surface area (Å²) in [6, 6.07) is 18.1. The lowest BCUT2D eigenvalue weighted by atomic mass is 10.1. The highest BCUT2D eigenvalue weighted by molar-refractivity contribution is 6.31. The Kier molecular flexibility index (Phi) is 6.86. The van der Waals surface area contributed by atoms with Gasteiger partial charge >= 0.3 is 6.09 Å². The molecule has 6 rings (SSSR count). The first-order valence-electron chi connectivity index (χ1n) is 13.5. The van der Waals surface area contributed by atoms with Crippen molar-refractivity contribution in [3.8, 4) is 11.1 Å². The Hall–Kier alpha value is -4.44. The summed E-state index contributed by atoms with van der Waals surface area (Å²) in [5.41, 5.74) is 3.41. The monoisotopic (exact) mass is 570 g/mol. The average Bonchev–Trinajstić information content (AvgIpc) is 3.45. The molecule has 10 nitrogen and oxygen atoms in total. The number of anilines is 3. The number of fused-ring (bicyclic) bond motifs is 3. The molecule has 1 saturated heterocycles. The van der Waals surface area contributed by atoms with Crippen LogP contribution in [0.1, 0.15) is 20.8 Å². The zero-order valence-corrected chi connectivity index (χ0v) is 24.2. The van der Waals surface area contributed by atoms with Crippen LogP contribution < -0.4 is 9.80 Å². The maximum Gasteiger partial charge on any atom is 0.410 e. The molecule has 2 aromatic carbocycles. The zero-order valence-electron chi connectivity index (χ0n) is 23.5. The number of carbonyl (C=O) groups excluding carboxylic acids is 1. The first-order valence-corrected chi connectivity index (χ1v) is 13.9. The highest BCUT2D eigenvalue weighted by Gasteiger charge is 2.26. The maximum atomic E-state index is 12.4. The summed E-state index contributed by atoms with van der Waals surface area (Å²) in [6.07, 6.45) is 3.27. The van der Waals surface area contributed by atoms with Crippen molar-refractivity contribution in [1.29, 1.82) is 0 Å². The number of benzene rings is 2. The second-order valence-corrected chi connectivity index (χ2v) is 11.5. The molecule has 0 radical (unpaired) electrons. The van der Waals surface area contributed by atoms with Gasteiger partial charge in [0.05, 0.1) is 5.52 Å². The number of carbonyl (C=O) groups is 1. The molecule has 1 aliphatic heterocycles. The van der Waals surface area contributed by atoms with Gasteiger partial charge in [0, 0.05) is 61.1 Å². The molecule has 0 saturated carbocycles. The molecule has 5 aromatic rings. The lowest BCUT2D eigenvalue weighted by Crippen LogP contribution is -2.50. The van der Waals surface area contributed by atoms with Gasteiger partial charge in [0.25, 0.3) is 5.78 Å². The van der Waals surface area contributed by atoms with Crippen molar-refractivity contribution < 1.29 is 9.53 Å². The van der Waals surface area contributed by atoms with Crippen LogP contribution in [0.15, 0.2) is 67.1 Å². The van der Waals surface area contributed by atoms with Crippen molar-refractivity contribution in [2.45, 2.75) is 26.4 Å². The number of nitrogens with zero attached hydrogens (tertiary/aromatic N) is 8. The van der Waals surface area contributed by atoms with E-state index in [1.54, 1.807) is 11.2 Å². The van der Waals surface area contributed by atoms with Gasteiger partial charge in [-0.25, -0.2) is 9.78 Å². The number of rotatable bonds is 4. The van der Waals surface area contributed by atoms with Crippen LogP contribution in [0.4, 0.5) is 22.1 Å². The van der Waals surface area contributed by atoms with Gasteiger partial charge in [-0.3, -0.25) is 4.40 Å². The molecule has 4 heterocycles. The van der Waals surface area contributed by atoms with Gasteiger partial charge in [-0.2, -0.15) is 4.98 Å². The first-order chi connectivity index (χ1) is 19.7. The Bertz CT molecular complexity index is 1720. The topological polar surface area (TPSA) is 92.0 Å². The Labute approximate surface area is 243 Å². The van der Waals surface area contributed by atoms with Crippen LogP contribution in [0.2, 0.25) is 5.02 Å². The highest BCUT2D eigenvalue weighted by atomic mass is 35.5. The molecule has 3 aromatic heterocycles. The predicted molar refractivity (Wildman–Crippen MR) is 161 cm³/mol. The lowest BCUT2D eigenvalue weighted by molar-refractivity contribution is 0.0240. The highest BCUT2D eigenvalue weighted by Crippen LogP contribution is 2.33. The van der Waals surface area contributed by atoms with E-state index in [-0.39, 0.29) is 6.09 Å². The van der Waals surface area contributed by atoms with Crippen molar-refractivity contribution in [3.63, 3.8) is 0 Å². The van der Waals surface area contributed by atoms with Gasteiger partial charge in [-0.1, -0.05) is 23.7 Å². The van der Waals surface area contributed by atoms with Gasteiger partial charge in [-0.05, 0) is 68.8 Å². The van der Waals surface area contributed by atoms with Crippen molar-refractivity contribution in [2.75, 3.05) is 43.0 Å². The minimum atomic E-state index is -0.499. The quantitative estimate of drug-likeness (QED) is 0.267. The summed E-state index contributed by atoms with van der Waals surface area (Å²) < 4.78 is 7.34. The molecule has 0 unspecified atom stereocenters. The summed E-state index contributed by atoms with van der Waals surface area (Å²) in [7, 11) is 1.99. The van der Waals surface area contributed by atoms with E-state index in [1.165, 1.54) is 0 Å².